The Hall–Kier alpha value is -1.57. The summed E-state index contributed by atoms with van der Waals surface area (Å²) in [6, 6.07) is 7.35. The molecule has 3 N–H and O–H groups in total. The molecule has 6 heteroatoms. The normalized spacial score (nSPS) is 10.1. The first-order valence-electron chi connectivity index (χ1n) is 5.44. The Kier molecular flexibility index (Phi) is 4.57. The lowest BCUT2D eigenvalue weighted by Gasteiger charge is -2.07. The number of ether oxygens (including phenoxy) is 1. The average molecular weight is 356 g/mol. The van der Waals surface area contributed by atoms with Crippen LogP contribution < -0.4 is 15.8 Å². The fourth-order valence-electron chi connectivity index (χ4n) is 1.34. The van der Waals surface area contributed by atoms with Crippen molar-refractivity contribution in [1.82, 2.24) is 9.97 Å². The second-order valence-electron chi connectivity index (χ2n) is 3.57. The molecule has 2 rings (SSSR count). The predicted molar refractivity (Wildman–Crippen MR) is 79.6 cm³/mol. The Labute approximate surface area is 119 Å². The zero-order chi connectivity index (χ0) is 12.8. The number of rotatable bonds is 5. The number of hydrogen-bond donors (Lipinski definition) is 2. The standard InChI is InChI=1S/C12H13IN4O/c13-9-7-16-12(17-8-9)15-4-5-18-11-3-1-2-10(14)6-11/h1-3,6-8H,4-5,14H2,(H,15,16,17). The summed E-state index contributed by atoms with van der Waals surface area (Å²) in [6.45, 7) is 1.16. The summed E-state index contributed by atoms with van der Waals surface area (Å²) >= 11 is 2.16. The van der Waals surface area contributed by atoms with E-state index in [1.54, 1.807) is 18.5 Å². The Morgan fingerprint density at radius 1 is 1.28 bits per heavy atom. The van der Waals surface area contributed by atoms with Gasteiger partial charge in [0.05, 0.1) is 6.54 Å². The molecule has 0 saturated carbocycles. The van der Waals surface area contributed by atoms with E-state index < -0.39 is 0 Å². The van der Waals surface area contributed by atoms with E-state index in [-0.39, 0.29) is 0 Å². The molecule has 0 saturated heterocycles. The van der Waals surface area contributed by atoms with E-state index in [1.165, 1.54) is 0 Å². The van der Waals surface area contributed by atoms with Crippen LogP contribution in [0.15, 0.2) is 36.7 Å². The molecular formula is C12H13IN4O. The quantitative estimate of drug-likeness (QED) is 0.488. The average Bonchev–Trinajstić information content (AvgIpc) is 2.37. The van der Waals surface area contributed by atoms with Gasteiger partial charge in [0.25, 0.3) is 0 Å². The van der Waals surface area contributed by atoms with Gasteiger partial charge in [0.15, 0.2) is 0 Å². The van der Waals surface area contributed by atoms with Gasteiger partial charge in [0.1, 0.15) is 12.4 Å². The largest absolute Gasteiger partial charge is 0.492 e. The lowest BCUT2D eigenvalue weighted by Crippen LogP contribution is -2.13. The number of aromatic nitrogens is 2. The Bertz CT molecular complexity index is 504. The van der Waals surface area contributed by atoms with Gasteiger partial charge >= 0.3 is 0 Å². The van der Waals surface area contributed by atoms with Gasteiger partial charge < -0.3 is 15.8 Å². The minimum atomic E-state index is 0.527. The molecule has 0 bridgehead atoms. The second kappa shape index (κ2) is 6.39. The van der Waals surface area contributed by atoms with Gasteiger partial charge in [-0.05, 0) is 34.7 Å². The van der Waals surface area contributed by atoms with Crippen molar-refractivity contribution in [2.75, 3.05) is 24.2 Å². The molecule has 0 atom stereocenters. The van der Waals surface area contributed by atoms with Crippen LogP contribution in [0.25, 0.3) is 0 Å². The van der Waals surface area contributed by atoms with Crippen molar-refractivity contribution in [1.29, 1.82) is 0 Å². The summed E-state index contributed by atoms with van der Waals surface area (Å²) in [5.74, 6) is 1.37. The van der Waals surface area contributed by atoms with Crippen molar-refractivity contribution in [3.63, 3.8) is 0 Å². The highest BCUT2D eigenvalue weighted by Crippen LogP contribution is 2.14. The first kappa shape index (κ1) is 12.9. The number of benzene rings is 1. The van der Waals surface area contributed by atoms with E-state index in [4.69, 9.17) is 10.5 Å². The molecular weight excluding hydrogens is 343 g/mol. The minimum Gasteiger partial charge on any atom is -0.492 e. The number of hydrogen-bond acceptors (Lipinski definition) is 5. The topological polar surface area (TPSA) is 73.1 Å². The molecule has 0 unspecified atom stereocenters. The van der Waals surface area contributed by atoms with Gasteiger partial charge in [0, 0.05) is 27.7 Å². The van der Waals surface area contributed by atoms with E-state index in [9.17, 15) is 0 Å². The van der Waals surface area contributed by atoms with Crippen LogP contribution in [0.4, 0.5) is 11.6 Å². The molecule has 0 amide bonds. The van der Waals surface area contributed by atoms with E-state index >= 15 is 0 Å². The molecule has 0 radical (unpaired) electrons. The van der Waals surface area contributed by atoms with Crippen LogP contribution in [-0.4, -0.2) is 23.1 Å². The number of nitrogens with two attached hydrogens (primary N) is 1. The summed E-state index contributed by atoms with van der Waals surface area (Å²) in [5.41, 5.74) is 6.35. The van der Waals surface area contributed by atoms with Gasteiger partial charge in [-0.15, -0.1) is 0 Å². The molecule has 1 aromatic heterocycles. The highest BCUT2D eigenvalue weighted by Gasteiger charge is 1.96. The maximum Gasteiger partial charge on any atom is 0.222 e. The maximum atomic E-state index is 5.65. The van der Waals surface area contributed by atoms with E-state index in [0.717, 1.165) is 9.32 Å². The minimum absolute atomic E-state index is 0.527. The van der Waals surface area contributed by atoms with Crippen molar-refractivity contribution in [3.8, 4) is 5.75 Å². The second-order valence-corrected chi connectivity index (χ2v) is 4.82. The smallest absolute Gasteiger partial charge is 0.222 e. The molecule has 5 nitrogen and oxygen atoms in total. The number of halogens is 1. The fraction of sp³-hybridized carbons (Fsp3) is 0.167. The van der Waals surface area contributed by atoms with Crippen LogP contribution in [0.2, 0.25) is 0 Å². The summed E-state index contributed by atoms with van der Waals surface area (Å²) in [4.78, 5) is 8.26. The molecule has 0 aliphatic carbocycles. The summed E-state index contributed by atoms with van der Waals surface area (Å²) in [5, 5.41) is 3.07. The third-order valence-corrected chi connectivity index (χ3v) is 2.69. The molecule has 2 aromatic rings. The zero-order valence-electron chi connectivity index (χ0n) is 9.64. The maximum absolute atomic E-state index is 5.65. The van der Waals surface area contributed by atoms with Crippen LogP contribution in [-0.2, 0) is 0 Å². The molecule has 18 heavy (non-hydrogen) atoms. The molecule has 1 aromatic carbocycles. The van der Waals surface area contributed by atoms with Crippen LogP contribution >= 0.6 is 22.6 Å². The van der Waals surface area contributed by atoms with Crippen molar-refractivity contribution in [2.45, 2.75) is 0 Å². The molecule has 94 valence electrons. The number of nitrogen functional groups attached to an aromatic ring is 1. The van der Waals surface area contributed by atoms with Gasteiger partial charge in [-0.2, -0.15) is 0 Å². The SMILES string of the molecule is Nc1cccc(OCCNc2ncc(I)cn2)c1. The summed E-state index contributed by atoms with van der Waals surface area (Å²) in [7, 11) is 0. The van der Waals surface area contributed by atoms with Gasteiger partial charge in [-0.1, -0.05) is 6.07 Å². The van der Waals surface area contributed by atoms with Crippen molar-refractivity contribution < 1.29 is 4.74 Å². The summed E-state index contributed by atoms with van der Waals surface area (Å²) < 4.78 is 6.54. The van der Waals surface area contributed by atoms with Crippen molar-refractivity contribution in [3.05, 3.63) is 40.2 Å². The Balaban J connectivity index is 1.74. The monoisotopic (exact) mass is 356 g/mol. The van der Waals surface area contributed by atoms with Crippen LogP contribution in [0.3, 0.4) is 0 Å². The summed E-state index contributed by atoms with van der Waals surface area (Å²) in [6.07, 6.45) is 3.52. The third kappa shape index (κ3) is 4.02. The fourth-order valence-corrected chi connectivity index (χ4v) is 1.62. The van der Waals surface area contributed by atoms with E-state index in [2.05, 4.69) is 37.9 Å². The number of nitrogens with one attached hydrogen (secondary N) is 1. The lowest BCUT2D eigenvalue weighted by molar-refractivity contribution is 0.333. The van der Waals surface area contributed by atoms with Crippen molar-refractivity contribution in [2.24, 2.45) is 0 Å². The molecule has 0 fully saturated rings. The Morgan fingerprint density at radius 2 is 2.06 bits per heavy atom. The van der Waals surface area contributed by atoms with Crippen LogP contribution in [0.5, 0.6) is 5.75 Å². The van der Waals surface area contributed by atoms with Crippen LogP contribution in [0.1, 0.15) is 0 Å². The van der Waals surface area contributed by atoms with Gasteiger partial charge in [-0.25, -0.2) is 9.97 Å². The van der Waals surface area contributed by atoms with Gasteiger partial charge in [0.2, 0.25) is 5.95 Å². The van der Waals surface area contributed by atoms with E-state index in [1.807, 2.05) is 18.2 Å². The molecule has 0 spiro atoms. The molecule has 0 aliphatic heterocycles. The highest BCUT2D eigenvalue weighted by molar-refractivity contribution is 14.1. The lowest BCUT2D eigenvalue weighted by atomic mass is 10.3. The van der Waals surface area contributed by atoms with Crippen molar-refractivity contribution >= 4 is 34.2 Å². The first-order chi connectivity index (χ1) is 8.74. The van der Waals surface area contributed by atoms with Gasteiger partial charge in [-0.3, -0.25) is 0 Å². The number of nitrogens with zero attached hydrogens (tertiary/aromatic N) is 2. The van der Waals surface area contributed by atoms with Crippen LogP contribution in [0, 0.1) is 3.57 Å². The van der Waals surface area contributed by atoms with E-state index in [0.29, 0.717) is 24.8 Å². The Morgan fingerprint density at radius 3 is 2.78 bits per heavy atom. The zero-order valence-corrected chi connectivity index (χ0v) is 11.8. The highest BCUT2D eigenvalue weighted by atomic mass is 127. The number of anilines is 2. The third-order valence-electron chi connectivity index (χ3n) is 2.13. The predicted octanol–water partition coefficient (Wildman–Crippen LogP) is 2.15. The molecule has 1 heterocycles. The molecule has 0 aliphatic rings. The first-order valence-corrected chi connectivity index (χ1v) is 6.52.